The van der Waals surface area contributed by atoms with E-state index in [1.165, 1.54) is 23.8 Å². The highest BCUT2D eigenvalue weighted by Gasteiger charge is 2.23. The van der Waals surface area contributed by atoms with Crippen LogP contribution in [-0.4, -0.2) is 54.3 Å². The number of hydrogen-bond donors (Lipinski definition) is 3. The number of nitrogens with two attached hydrogens (primary N) is 1. The number of aliphatic hydroxyl groups is 1. The summed E-state index contributed by atoms with van der Waals surface area (Å²) in [5, 5.41) is 14.3. The number of rotatable bonds is 10. The molecule has 2 aromatic carbocycles. The second kappa shape index (κ2) is 10.7. The van der Waals surface area contributed by atoms with Crippen molar-refractivity contribution in [2.45, 2.75) is 31.5 Å². The highest BCUT2D eigenvalue weighted by molar-refractivity contribution is 6.30. The third-order valence-corrected chi connectivity index (χ3v) is 5.31. The number of hydrogen-bond acceptors (Lipinski definition) is 5. The van der Waals surface area contributed by atoms with Gasteiger partial charge >= 0.3 is 0 Å². The second-order valence-corrected chi connectivity index (χ2v) is 8.05. The molecular weight excluding hydrogens is 409 g/mol. The molecule has 0 bridgehead atoms. The van der Waals surface area contributed by atoms with Crippen LogP contribution in [0, 0.1) is 5.82 Å². The quantitative estimate of drug-likeness (QED) is 0.532. The summed E-state index contributed by atoms with van der Waals surface area (Å²) in [5.74, 6) is -0.779. The SMILES string of the molecule is NC(=O)Cc1ccc(F)cc1OC[C@H](O)CNC1CCN(Cc2ccc(Cl)cc2)C1. The van der Waals surface area contributed by atoms with Crippen LogP contribution in [0.1, 0.15) is 17.5 Å². The molecule has 1 heterocycles. The molecular formula is C22H27ClFN3O3. The third-order valence-electron chi connectivity index (χ3n) is 5.06. The van der Waals surface area contributed by atoms with Crippen LogP contribution in [0.15, 0.2) is 42.5 Å². The van der Waals surface area contributed by atoms with Crippen molar-refractivity contribution < 1.29 is 19.0 Å². The van der Waals surface area contributed by atoms with E-state index in [-0.39, 0.29) is 24.8 Å². The first-order valence-corrected chi connectivity index (χ1v) is 10.3. The van der Waals surface area contributed by atoms with Gasteiger partial charge in [-0.25, -0.2) is 4.39 Å². The minimum absolute atomic E-state index is 0.0105. The maximum absolute atomic E-state index is 13.5. The first-order valence-electron chi connectivity index (χ1n) is 9.97. The number of amides is 1. The summed E-state index contributed by atoms with van der Waals surface area (Å²) < 4.78 is 19.0. The van der Waals surface area contributed by atoms with Crippen molar-refractivity contribution in [3.63, 3.8) is 0 Å². The van der Waals surface area contributed by atoms with Crippen molar-refractivity contribution in [1.82, 2.24) is 10.2 Å². The Hall–Kier alpha value is -2.19. The fourth-order valence-corrected chi connectivity index (χ4v) is 3.66. The lowest BCUT2D eigenvalue weighted by molar-refractivity contribution is -0.117. The first-order chi connectivity index (χ1) is 14.4. The number of carbonyl (C=O) groups is 1. The lowest BCUT2D eigenvalue weighted by Crippen LogP contribution is -2.39. The van der Waals surface area contributed by atoms with Gasteiger partial charge in [-0.05, 0) is 30.2 Å². The van der Waals surface area contributed by atoms with E-state index in [0.29, 0.717) is 12.1 Å². The van der Waals surface area contributed by atoms with Gasteiger partial charge in [0.15, 0.2) is 0 Å². The summed E-state index contributed by atoms with van der Waals surface area (Å²) in [6.45, 7) is 3.09. The highest BCUT2D eigenvalue weighted by Crippen LogP contribution is 2.21. The Morgan fingerprint density at radius 3 is 2.83 bits per heavy atom. The van der Waals surface area contributed by atoms with Crippen LogP contribution < -0.4 is 15.8 Å². The minimum Gasteiger partial charge on any atom is -0.490 e. The molecule has 2 aromatic rings. The number of nitrogens with zero attached hydrogens (tertiary/aromatic N) is 1. The van der Waals surface area contributed by atoms with E-state index in [4.69, 9.17) is 22.1 Å². The summed E-state index contributed by atoms with van der Waals surface area (Å²) >= 11 is 5.93. The van der Waals surface area contributed by atoms with Crippen LogP contribution in [-0.2, 0) is 17.8 Å². The fraction of sp³-hybridized carbons (Fsp3) is 0.409. The topological polar surface area (TPSA) is 87.8 Å². The normalized spacial score (nSPS) is 17.8. The summed E-state index contributed by atoms with van der Waals surface area (Å²) in [7, 11) is 0. The predicted molar refractivity (Wildman–Crippen MR) is 114 cm³/mol. The Kier molecular flexibility index (Phi) is 8.04. The number of nitrogens with one attached hydrogen (secondary N) is 1. The van der Waals surface area contributed by atoms with E-state index >= 15 is 0 Å². The Morgan fingerprint density at radius 1 is 1.33 bits per heavy atom. The van der Waals surface area contributed by atoms with Crippen molar-refractivity contribution >= 4 is 17.5 Å². The summed E-state index contributed by atoms with van der Waals surface area (Å²) in [4.78, 5) is 13.5. The molecule has 1 aliphatic rings. The summed E-state index contributed by atoms with van der Waals surface area (Å²) in [5.41, 5.74) is 6.93. The van der Waals surface area contributed by atoms with Gasteiger partial charge in [0, 0.05) is 48.9 Å². The van der Waals surface area contributed by atoms with E-state index < -0.39 is 17.8 Å². The van der Waals surface area contributed by atoms with Gasteiger partial charge in [0.2, 0.25) is 5.91 Å². The Bertz CT molecular complexity index is 850. The van der Waals surface area contributed by atoms with Gasteiger partial charge in [-0.1, -0.05) is 29.8 Å². The number of aliphatic hydroxyl groups excluding tert-OH is 1. The number of likely N-dealkylation sites (tertiary alicyclic amines) is 1. The zero-order valence-electron chi connectivity index (χ0n) is 16.7. The molecule has 30 heavy (non-hydrogen) atoms. The molecule has 6 nitrogen and oxygen atoms in total. The fourth-order valence-electron chi connectivity index (χ4n) is 3.53. The van der Waals surface area contributed by atoms with Gasteiger partial charge in [0.05, 0.1) is 6.42 Å². The van der Waals surface area contributed by atoms with Gasteiger partial charge in [0.1, 0.15) is 24.3 Å². The number of carbonyl (C=O) groups excluding carboxylic acids is 1. The largest absolute Gasteiger partial charge is 0.490 e. The molecule has 1 aliphatic heterocycles. The van der Waals surface area contributed by atoms with Gasteiger partial charge in [-0.15, -0.1) is 0 Å². The molecule has 1 saturated heterocycles. The lowest BCUT2D eigenvalue weighted by Gasteiger charge is -2.19. The number of primary amides is 1. The molecule has 0 aromatic heterocycles. The van der Waals surface area contributed by atoms with E-state index in [2.05, 4.69) is 10.2 Å². The second-order valence-electron chi connectivity index (χ2n) is 7.62. The molecule has 0 saturated carbocycles. The average molecular weight is 436 g/mol. The summed E-state index contributed by atoms with van der Waals surface area (Å²) in [6.07, 6.45) is 0.184. The predicted octanol–water partition coefficient (Wildman–Crippen LogP) is 2.11. The van der Waals surface area contributed by atoms with E-state index in [0.717, 1.165) is 31.1 Å². The molecule has 1 fully saturated rings. The van der Waals surface area contributed by atoms with Crippen LogP contribution in [0.4, 0.5) is 4.39 Å². The van der Waals surface area contributed by atoms with Crippen LogP contribution >= 0.6 is 11.6 Å². The van der Waals surface area contributed by atoms with Crippen LogP contribution in [0.3, 0.4) is 0 Å². The van der Waals surface area contributed by atoms with Crippen molar-refractivity contribution in [1.29, 1.82) is 0 Å². The maximum atomic E-state index is 13.5. The molecule has 3 rings (SSSR count). The van der Waals surface area contributed by atoms with E-state index in [1.54, 1.807) is 0 Å². The highest BCUT2D eigenvalue weighted by atomic mass is 35.5. The maximum Gasteiger partial charge on any atom is 0.221 e. The minimum atomic E-state index is -0.764. The molecule has 0 aliphatic carbocycles. The molecule has 162 valence electrons. The van der Waals surface area contributed by atoms with Crippen molar-refractivity contribution in [3.8, 4) is 5.75 Å². The Labute approximate surface area is 180 Å². The molecule has 4 N–H and O–H groups in total. The summed E-state index contributed by atoms with van der Waals surface area (Å²) in [6, 6.07) is 12.0. The smallest absolute Gasteiger partial charge is 0.221 e. The molecule has 0 spiro atoms. The monoisotopic (exact) mass is 435 g/mol. The van der Waals surface area contributed by atoms with Gasteiger partial charge in [-0.2, -0.15) is 0 Å². The first kappa shape index (κ1) is 22.5. The van der Waals surface area contributed by atoms with Crippen LogP contribution in [0.25, 0.3) is 0 Å². The standard InChI is InChI=1S/C22H27ClFN3O3/c23-17-4-1-15(2-5-17)12-27-8-7-19(13-27)26-11-20(28)14-30-21-10-18(24)6-3-16(21)9-22(25)29/h1-6,10,19-20,26,28H,7-9,11-14H2,(H2,25,29)/t19?,20-/m1/s1. The zero-order valence-corrected chi connectivity index (χ0v) is 17.4. The average Bonchev–Trinajstić information content (AvgIpc) is 3.15. The molecule has 8 heteroatoms. The lowest BCUT2D eigenvalue weighted by atomic mass is 10.1. The Morgan fingerprint density at radius 2 is 2.10 bits per heavy atom. The van der Waals surface area contributed by atoms with Crippen molar-refractivity contribution in [3.05, 3.63) is 64.4 Å². The Balaban J connectivity index is 1.41. The molecule has 2 atom stereocenters. The number of halogens is 2. The van der Waals surface area contributed by atoms with E-state index in [1.807, 2.05) is 24.3 Å². The molecule has 1 amide bonds. The van der Waals surface area contributed by atoms with Gasteiger partial charge in [0.25, 0.3) is 0 Å². The zero-order chi connectivity index (χ0) is 21.5. The number of benzene rings is 2. The van der Waals surface area contributed by atoms with Crippen LogP contribution in [0.5, 0.6) is 5.75 Å². The van der Waals surface area contributed by atoms with Gasteiger partial charge < -0.3 is 20.9 Å². The third kappa shape index (κ3) is 6.95. The molecule has 0 radical (unpaired) electrons. The van der Waals surface area contributed by atoms with Crippen molar-refractivity contribution in [2.24, 2.45) is 5.73 Å². The van der Waals surface area contributed by atoms with Crippen LogP contribution in [0.2, 0.25) is 5.02 Å². The molecule has 1 unspecified atom stereocenters. The van der Waals surface area contributed by atoms with E-state index in [9.17, 15) is 14.3 Å². The number of ether oxygens (including phenoxy) is 1. The van der Waals surface area contributed by atoms with Crippen molar-refractivity contribution in [2.75, 3.05) is 26.2 Å². The van der Waals surface area contributed by atoms with Gasteiger partial charge in [-0.3, -0.25) is 9.69 Å².